The second-order valence-corrected chi connectivity index (χ2v) is 3.90. The third-order valence-corrected chi connectivity index (χ3v) is 2.98. The molecular weight excluding hydrogens is 188 g/mol. The first-order chi connectivity index (χ1) is 6.18. The summed E-state index contributed by atoms with van der Waals surface area (Å²) in [6.45, 7) is 1.83. The van der Waals surface area contributed by atoms with E-state index in [4.69, 9.17) is 5.11 Å². The van der Waals surface area contributed by atoms with Gasteiger partial charge < -0.3 is 5.11 Å². The van der Waals surface area contributed by atoms with Crippen LogP contribution in [0.15, 0.2) is 5.03 Å². The van der Waals surface area contributed by atoms with Crippen LogP contribution in [0.5, 0.6) is 0 Å². The largest absolute Gasteiger partial charge is 0.475 e. The number of hydrogen-bond acceptors (Lipinski definition) is 4. The number of carbonyl (C=O) groups is 1. The van der Waals surface area contributed by atoms with Crippen molar-refractivity contribution in [3.8, 4) is 0 Å². The van der Waals surface area contributed by atoms with Crippen molar-refractivity contribution in [3.63, 3.8) is 0 Å². The Morgan fingerprint density at radius 2 is 2.31 bits per heavy atom. The molecule has 0 aliphatic carbocycles. The van der Waals surface area contributed by atoms with Gasteiger partial charge in [0.05, 0.1) is 0 Å². The van der Waals surface area contributed by atoms with Crippen molar-refractivity contribution >= 4 is 17.7 Å². The lowest BCUT2D eigenvalue weighted by molar-refractivity contribution is 0.0682. The quantitative estimate of drug-likeness (QED) is 0.682. The third-order valence-electron chi connectivity index (χ3n) is 1.96. The number of nitrogens with zero attached hydrogens (tertiary/aromatic N) is 2. The molecule has 1 aromatic heterocycles. The standard InChI is InChI=1S/C8H8N2O2S/c1-4-5-2-3-13-7(5)10-6(9-4)8(11)12/h2-3H2,1H3,(H,11,12). The predicted octanol–water partition coefficient (Wildman–Crippen LogP) is 1.13. The first-order valence-corrected chi connectivity index (χ1v) is 4.90. The summed E-state index contributed by atoms with van der Waals surface area (Å²) in [4.78, 5) is 18.5. The van der Waals surface area contributed by atoms with E-state index in [0.717, 1.165) is 28.5 Å². The van der Waals surface area contributed by atoms with Gasteiger partial charge in [0.25, 0.3) is 0 Å². The predicted molar refractivity (Wildman–Crippen MR) is 48.2 cm³/mol. The number of aromatic carboxylic acids is 1. The zero-order valence-corrected chi connectivity index (χ0v) is 7.89. The molecule has 1 aliphatic rings. The number of carboxylic acid groups (broad SMARTS) is 1. The Hall–Kier alpha value is -1.10. The molecule has 4 nitrogen and oxygen atoms in total. The molecule has 0 unspecified atom stereocenters. The highest BCUT2D eigenvalue weighted by Gasteiger charge is 2.19. The summed E-state index contributed by atoms with van der Waals surface area (Å²) in [5.74, 6) is -0.169. The van der Waals surface area contributed by atoms with Gasteiger partial charge in [-0.2, -0.15) is 0 Å². The molecule has 1 aliphatic heterocycles. The second-order valence-electron chi connectivity index (χ2n) is 2.82. The topological polar surface area (TPSA) is 63.1 Å². The Morgan fingerprint density at radius 1 is 1.54 bits per heavy atom. The SMILES string of the molecule is Cc1nc(C(=O)O)nc2c1CCS2. The van der Waals surface area contributed by atoms with Gasteiger partial charge in [-0.1, -0.05) is 0 Å². The van der Waals surface area contributed by atoms with E-state index in [2.05, 4.69) is 9.97 Å². The fraction of sp³-hybridized carbons (Fsp3) is 0.375. The number of aromatic nitrogens is 2. The first kappa shape index (κ1) is 8.50. The molecule has 0 saturated heterocycles. The number of carboxylic acids is 1. The Morgan fingerprint density at radius 3 is 3.00 bits per heavy atom. The molecule has 0 radical (unpaired) electrons. The normalized spacial score (nSPS) is 14.2. The number of aryl methyl sites for hydroxylation is 1. The van der Waals surface area contributed by atoms with E-state index in [9.17, 15) is 4.79 Å². The van der Waals surface area contributed by atoms with Crippen LogP contribution in [0, 0.1) is 6.92 Å². The van der Waals surface area contributed by atoms with Crippen LogP contribution in [0.3, 0.4) is 0 Å². The highest BCUT2D eigenvalue weighted by atomic mass is 32.2. The maximum Gasteiger partial charge on any atom is 0.373 e. The van der Waals surface area contributed by atoms with Gasteiger partial charge in [0, 0.05) is 17.0 Å². The molecule has 2 rings (SSSR count). The molecule has 2 heterocycles. The number of rotatable bonds is 1. The van der Waals surface area contributed by atoms with Crippen molar-refractivity contribution in [2.45, 2.75) is 18.4 Å². The van der Waals surface area contributed by atoms with E-state index in [-0.39, 0.29) is 5.82 Å². The van der Waals surface area contributed by atoms with Gasteiger partial charge in [-0.15, -0.1) is 11.8 Å². The van der Waals surface area contributed by atoms with Crippen molar-refractivity contribution in [2.75, 3.05) is 5.75 Å². The highest BCUT2D eigenvalue weighted by Crippen LogP contribution is 2.30. The van der Waals surface area contributed by atoms with Crippen molar-refractivity contribution in [3.05, 3.63) is 17.1 Å². The summed E-state index contributed by atoms with van der Waals surface area (Å²) in [5, 5.41) is 9.54. The monoisotopic (exact) mass is 196 g/mol. The van der Waals surface area contributed by atoms with Crippen LogP contribution in [0.25, 0.3) is 0 Å². The van der Waals surface area contributed by atoms with Crippen LogP contribution in [-0.2, 0) is 6.42 Å². The van der Waals surface area contributed by atoms with E-state index in [1.165, 1.54) is 0 Å². The van der Waals surface area contributed by atoms with E-state index in [1.54, 1.807) is 11.8 Å². The van der Waals surface area contributed by atoms with Gasteiger partial charge in [-0.3, -0.25) is 0 Å². The number of hydrogen-bond donors (Lipinski definition) is 1. The molecule has 0 atom stereocenters. The molecule has 0 bridgehead atoms. The summed E-state index contributed by atoms with van der Waals surface area (Å²) < 4.78 is 0. The Kier molecular flexibility index (Phi) is 1.95. The minimum Gasteiger partial charge on any atom is -0.475 e. The molecule has 0 amide bonds. The van der Waals surface area contributed by atoms with Crippen LogP contribution in [0.2, 0.25) is 0 Å². The zero-order valence-electron chi connectivity index (χ0n) is 7.07. The van der Waals surface area contributed by atoms with Gasteiger partial charge in [-0.05, 0) is 13.3 Å². The summed E-state index contributed by atoms with van der Waals surface area (Å²) in [5.41, 5.74) is 1.91. The minimum absolute atomic E-state index is 0.0920. The van der Waals surface area contributed by atoms with Gasteiger partial charge in [0.15, 0.2) is 0 Å². The van der Waals surface area contributed by atoms with Crippen molar-refractivity contribution in [1.82, 2.24) is 9.97 Å². The molecule has 13 heavy (non-hydrogen) atoms. The second kappa shape index (κ2) is 2.99. The average Bonchev–Trinajstić information content (AvgIpc) is 2.51. The molecule has 0 aromatic carbocycles. The summed E-state index contributed by atoms with van der Waals surface area (Å²) in [7, 11) is 0. The third kappa shape index (κ3) is 1.39. The smallest absolute Gasteiger partial charge is 0.373 e. The van der Waals surface area contributed by atoms with Crippen LogP contribution < -0.4 is 0 Å². The van der Waals surface area contributed by atoms with E-state index < -0.39 is 5.97 Å². The van der Waals surface area contributed by atoms with Crippen LogP contribution >= 0.6 is 11.8 Å². The summed E-state index contributed by atoms with van der Waals surface area (Å²) in [6.07, 6.45) is 0.950. The molecule has 68 valence electrons. The molecule has 0 saturated carbocycles. The lowest BCUT2D eigenvalue weighted by Crippen LogP contribution is -2.07. The highest BCUT2D eigenvalue weighted by molar-refractivity contribution is 7.99. The van der Waals surface area contributed by atoms with Gasteiger partial charge in [0.1, 0.15) is 5.03 Å². The van der Waals surface area contributed by atoms with E-state index >= 15 is 0 Å². The maximum absolute atomic E-state index is 10.6. The number of fused-ring (bicyclic) bond motifs is 1. The Bertz CT molecular complexity index is 379. The fourth-order valence-electron chi connectivity index (χ4n) is 1.32. The maximum atomic E-state index is 10.6. The van der Waals surface area contributed by atoms with E-state index in [1.807, 2.05) is 6.92 Å². The van der Waals surface area contributed by atoms with Gasteiger partial charge in [0.2, 0.25) is 5.82 Å². The molecule has 0 spiro atoms. The average molecular weight is 196 g/mol. The zero-order chi connectivity index (χ0) is 9.42. The van der Waals surface area contributed by atoms with Gasteiger partial charge >= 0.3 is 5.97 Å². The Balaban J connectivity index is 2.55. The molecule has 5 heteroatoms. The molecule has 1 aromatic rings. The molecular formula is C8H8N2O2S. The van der Waals surface area contributed by atoms with Crippen molar-refractivity contribution < 1.29 is 9.90 Å². The number of thioether (sulfide) groups is 1. The summed E-state index contributed by atoms with van der Waals surface area (Å²) >= 11 is 1.60. The minimum atomic E-state index is -1.06. The van der Waals surface area contributed by atoms with E-state index in [0.29, 0.717) is 0 Å². The van der Waals surface area contributed by atoms with Crippen molar-refractivity contribution in [2.24, 2.45) is 0 Å². The fourth-order valence-corrected chi connectivity index (χ4v) is 2.40. The van der Waals surface area contributed by atoms with Crippen LogP contribution in [-0.4, -0.2) is 26.8 Å². The van der Waals surface area contributed by atoms with Crippen LogP contribution in [0.4, 0.5) is 0 Å². The summed E-state index contributed by atoms with van der Waals surface area (Å²) in [6, 6.07) is 0. The Labute approximate surface area is 79.4 Å². The van der Waals surface area contributed by atoms with Crippen molar-refractivity contribution in [1.29, 1.82) is 0 Å². The van der Waals surface area contributed by atoms with Gasteiger partial charge in [-0.25, -0.2) is 14.8 Å². The lowest BCUT2D eigenvalue weighted by Gasteiger charge is -2.02. The first-order valence-electron chi connectivity index (χ1n) is 3.92. The molecule has 1 N–H and O–H groups in total. The molecule has 0 fully saturated rings. The lowest BCUT2D eigenvalue weighted by atomic mass is 10.2. The van der Waals surface area contributed by atoms with Crippen LogP contribution in [0.1, 0.15) is 21.9 Å².